The zero-order valence-electron chi connectivity index (χ0n) is 9.59. The van der Waals surface area contributed by atoms with Gasteiger partial charge in [0.05, 0.1) is 5.69 Å². The van der Waals surface area contributed by atoms with Crippen LogP contribution in [0.15, 0.2) is 27.9 Å². The van der Waals surface area contributed by atoms with Gasteiger partial charge < -0.3 is 10.3 Å². The van der Waals surface area contributed by atoms with Gasteiger partial charge in [-0.3, -0.25) is 14.6 Å². The van der Waals surface area contributed by atoms with Gasteiger partial charge in [0.2, 0.25) is 0 Å². The number of hydrogen-bond donors (Lipinski definition) is 3. The number of benzene rings is 1. The van der Waals surface area contributed by atoms with Gasteiger partial charge in [0.15, 0.2) is 17.5 Å². The summed E-state index contributed by atoms with van der Waals surface area (Å²) in [5, 5.41) is 1.89. The highest BCUT2D eigenvalue weighted by Crippen LogP contribution is 2.19. The van der Waals surface area contributed by atoms with E-state index < -0.39 is 45.9 Å². The molecule has 0 saturated heterocycles. The van der Waals surface area contributed by atoms with E-state index in [0.717, 1.165) is 12.3 Å². The minimum Gasteiger partial charge on any atom is -0.319 e. The van der Waals surface area contributed by atoms with Crippen molar-refractivity contribution in [3.05, 3.63) is 62.2 Å². The van der Waals surface area contributed by atoms with E-state index in [0.29, 0.717) is 6.07 Å². The van der Waals surface area contributed by atoms with Gasteiger partial charge in [-0.2, -0.15) is 0 Å². The molecule has 2 aromatic rings. The molecule has 0 aliphatic heterocycles. The van der Waals surface area contributed by atoms with Crippen LogP contribution in [-0.2, 0) is 0 Å². The van der Waals surface area contributed by atoms with Crippen molar-refractivity contribution in [2.45, 2.75) is 0 Å². The highest BCUT2D eigenvalue weighted by atomic mass is 19.2. The van der Waals surface area contributed by atoms with E-state index in [1.807, 2.05) is 10.3 Å². The fraction of sp³-hybridized carbons (Fsp3) is 0. The van der Waals surface area contributed by atoms with E-state index in [4.69, 9.17) is 0 Å². The van der Waals surface area contributed by atoms with Crippen molar-refractivity contribution in [1.29, 1.82) is 0 Å². The zero-order chi connectivity index (χ0) is 14.9. The van der Waals surface area contributed by atoms with Gasteiger partial charge >= 0.3 is 5.69 Å². The zero-order valence-corrected chi connectivity index (χ0v) is 9.59. The lowest BCUT2D eigenvalue weighted by Gasteiger charge is -2.06. The minimum absolute atomic E-state index is 0.520. The van der Waals surface area contributed by atoms with Gasteiger partial charge in [0, 0.05) is 6.20 Å². The van der Waals surface area contributed by atoms with Crippen molar-refractivity contribution in [3.8, 4) is 0 Å². The number of aromatic amines is 2. The number of H-pyrrole nitrogens is 2. The molecule has 3 N–H and O–H groups in total. The van der Waals surface area contributed by atoms with E-state index in [1.165, 1.54) is 0 Å². The molecule has 0 saturated carbocycles. The van der Waals surface area contributed by atoms with E-state index in [9.17, 15) is 27.6 Å². The number of halogens is 3. The van der Waals surface area contributed by atoms with Crippen LogP contribution in [0.5, 0.6) is 0 Å². The second-order valence-electron chi connectivity index (χ2n) is 3.66. The summed E-state index contributed by atoms with van der Waals surface area (Å²) in [6, 6.07) is 1.41. The van der Waals surface area contributed by atoms with Gasteiger partial charge in [-0.25, -0.2) is 18.0 Å². The summed E-state index contributed by atoms with van der Waals surface area (Å²) in [5.74, 6) is -5.85. The van der Waals surface area contributed by atoms with Crippen LogP contribution in [0.25, 0.3) is 0 Å². The topological polar surface area (TPSA) is 94.8 Å². The van der Waals surface area contributed by atoms with Crippen LogP contribution in [0.3, 0.4) is 0 Å². The molecule has 9 heteroatoms. The number of hydrogen-bond acceptors (Lipinski definition) is 3. The van der Waals surface area contributed by atoms with Crippen molar-refractivity contribution in [3.63, 3.8) is 0 Å². The highest BCUT2D eigenvalue weighted by molar-refractivity contribution is 6.03. The van der Waals surface area contributed by atoms with E-state index in [-0.39, 0.29) is 0 Å². The molecule has 104 valence electrons. The Balaban J connectivity index is 2.35. The van der Waals surface area contributed by atoms with Crippen LogP contribution in [0.4, 0.5) is 18.9 Å². The molecule has 0 radical (unpaired) electrons. The molecule has 0 spiro atoms. The van der Waals surface area contributed by atoms with Crippen LogP contribution in [0.1, 0.15) is 10.4 Å². The quantitative estimate of drug-likeness (QED) is 0.710. The maximum atomic E-state index is 13.3. The van der Waals surface area contributed by atoms with Gasteiger partial charge in [0.25, 0.3) is 11.5 Å². The Morgan fingerprint density at radius 3 is 2.45 bits per heavy atom. The van der Waals surface area contributed by atoms with E-state index in [1.54, 1.807) is 4.98 Å². The Kier molecular flexibility index (Phi) is 3.42. The van der Waals surface area contributed by atoms with E-state index in [2.05, 4.69) is 0 Å². The van der Waals surface area contributed by atoms with Gasteiger partial charge in [-0.15, -0.1) is 0 Å². The van der Waals surface area contributed by atoms with Crippen LogP contribution in [0.2, 0.25) is 0 Å². The molecule has 0 fully saturated rings. The number of anilines is 1. The molecule has 1 amide bonds. The fourth-order valence-electron chi connectivity index (χ4n) is 1.39. The summed E-state index contributed by atoms with van der Waals surface area (Å²) in [6.45, 7) is 0. The average molecular weight is 285 g/mol. The predicted molar refractivity (Wildman–Crippen MR) is 62.0 cm³/mol. The predicted octanol–water partition coefficient (Wildman–Crippen LogP) is 0.733. The molecule has 0 aliphatic rings. The number of carbonyl (C=O) groups is 1. The lowest BCUT2D eigenvalue weighted by atomic mass is 10.2. The first kappa shape index (κ1) is 13.6. The molecule has 0 unspecified atom stereocenters. The summed E-state index contributed by atoms with van der Waals surface area (Å²) in [7, 11) is 0. The van der Waals surface area contributed by atoms with Crippen molar-refractivity contribution in [1.82, 2.24) is 9.97 Å². The Morgan fingerprint density at radius 2 is 1.80 bits per heavy atom. The number of amides is 1. The molecule has 6 nitrogen and oxygen atoms in total. The fourth-order valence-corrected chi connectivity index (χ4v) is 1.39. The Bertz CT molecular complexity index is 797. The second kappa shape index (κ2) is 5.03. The van der Waals surface area contributed by atoms with Crippen LogP contribution >= 0.6 is 0 Å². The summed E-state index contributed by atoms with van der Waals surface area (Å²) in [5.41, 5.74) is -2.99. The third-order valence-corrected chi connectivity index (χ3v) is 2.35. The molecular weight excluding hydrogens is 279 g/mol. The van der Waals surface area contributed by atoms with Crippen molar-refractivity contribution in [2.75, 3.05) is 5.32 Å². The Labute approximate surface area is 108 Å². The number of rotatable bonds is 2. The minimum atomic E-state index is -1.75. The molecule has 1 aromatic carbocycles. The number of aromatic nitrogens is 2. The first-order valence-corrected chi connectivity index (χ1v) is 5.17. The van der Waals surface area contributed by atoms with Gasteiger partial charge in [-0.1, -0.05) is 0 Å². The summed E-state index contributed by atoms with van der Waals surface area (Å²) < 4.78 is 39.0. The van der Waals surface area contributed by atoms with Gasteiger partial charge in [0.1, 0.15) is 5.56 Å². The molecule has 0 atom stereocenters. The number of carbonyl (C=O) groups excluding carboxylic acids is 1. The third-order valence-electron chi connectivity index (χ3n) is 2.35. The molecule has 1 heterocycles. The average Bonchev–Trinajstić information content (AvgIpc) is 2.39. The molecular formula is C11H6F3N3O3. The molecule has 1 aromatic heterocycles. The summed E-state index contributed by atoms with van der Waals surface area (Å²) >= 11 is 0. The highest BCUT2D eigenvalue weighted by Gasteiger charge is 2.17. The number of nitrogens with one attached hydrogen (secondary N) is 3. The SMILES string of the molecule is O=C(Nc1ccc(F)c(F)c1F)c1c[nH]c(=O)[nH]c1=O. The van der Waals surface area contributed by atoms with Crippen LogP contribution in [0, 0.1) is 17.5 Å². The smallest absolute Gasteiger partial charge is 0.319 e. The monoisotopic (exact) mass is 285 g/mol. The lowest BCUT2D eigenvalue weighted by molar-refractivity contribution is 0.102. The van der Waals surface area contributed by atoms with Crippen molar-refractivity contribution in [2.24, 2.45) is 0 Å². The summed E-state index contributed by atoms with van der Waals surface area (Å²) in [6.07, 6.45) is 0.814. The normalized spacial score (nSPS) is 10.3. The summed E-state index contributed by atoms with van der Waals surface area (Å²) in [4.78, 5) is 37.6. The Morgan fingerprint density at radius 1 is 1.10 bits per heavy atom. The molecule has 0 aliphatic carbocycles. The third kappa shape index (κ3) is 2.46. The van der Waals surface area contributed by atoms with Crippen molar-refractivity contribution < 1.29 is 18.0 Å². The Hall–Kier alpha value is -2.84. The van der Waals surface area contributed by atoms with Crippen LogP contribution < -0.4 is 16.6 Å². The van der Waals surface area contributed by atoms with E-state index >= 15 is 0 Å². The lowest BCUT2D eigenvalue weighted by Crippen LogP contribution is -2.29. The maximum absolute atomic E-state index is 13.3. The first-order chi connectivity index (χ1) is 9.40. The molecule has 20 heavy (non-hydrogen) atoms. The first-order valence-electron chi connectivity index (χ1n) is 5.17. The van der Waals surface area contributed by atoms with Crippen molar-refractivity contribution >= 4 is 11.6 Å². The van der Waals surface area contributed by atoms with Gasteiger partial charge in [-0.05, 0) is 12.1 Å². The van der Waals surface area contributed by atoms with Crippen LogP contribution in [-0.4, -0.2) is 15.9 Å². The largest absolute Gasteiger partial charge is 0.325 e. The molecule has 2 rings (SSSR count). The standard InChI is InChI=1S/C11H6F3N3O3/c12-5-1-2-6(8(14)7(5)13)16-9(18)4-3-15-11(20)17-10(4)19/h1-3H,(H,16,18)(H2,15,17,19,20). The maximum Gasteiger partial charge on any atom is 0.325 e. The second-order valence-corrected chi connectivity index (χ2v) is 3.66. The molecule has 0 bridgehead atoms.